The van der Waals surface area contributed by atoms with E-state index in [9.17, 15) is 9.59 Å². The fraction of sp³-hybridized carbons (Fsp3) is 0.429. The third-order valence-electron chi connectivity index (χ3n) is 5.34. The molecule has 0 aliphatic carbocycles. The SMILES string of the molecule is Cc1cccc(-c2noc(CC3CN4CCC3CC4)n2)c1.O=C(O)/C=C/C(=O)O. The average Bonchev–Trinajstić information content (AvgIpc) is 3.16. The predicted octanol–water partition coefficient (Wildman–Crippen LogP) is 2.64. The lowest BCUT2D eigenvalue weighted by Gasteiger charge is -2.44. The first-order valence-corrected chi connectivity index (χ1v) is 9.66. The Morgan fingerprint density at radius 1 is 1.21 bits per heavy atom. The van der Waals surface area contributed by atoms with E-state index in [0.717, 1.165) is 29.6 Å². The van der Waals surface area contributed by atoms with Gasteiger partial charge in [-0.05, 0) is 50.8 Å². The minimum absolute atomic E-state index is 0.558. The number of nitrogens with zero attached hydrogens (tertiary/aromatic N) is 3. The predicted molar refractivity (Wildman–Crippen MR) is 105 cm³/mol. The summed E-state index contributed by atoms with van der Waals surface area (Å²) in [7, 11) is 0. The van der Waals surface area contributed by atoms with Crippen molar-refractivity contribution in [3.05, 3.63) is 47.9 Å². The first kappa shape index (κ1) is 20.7. The van der Waals surface area contributed by atoms with Gasteiger partial charge in [0, 0.05) is 30.7 Å². The monoisotopic (exact) mass is 399 g/mol. The highest BCUT2D eigenvalue weighted by Gasteiger charge is 2.35. The zero-order valence-electron chi connectivity index (χ0n) is 16.3. The molecule has 4 heterocycles. The lowest BCUT2D eigenvalue weighted by atomic mass is 9.77. The minimum atomic E-state index is -1.26. The van der Waals surface area contributed by atoms with Crippen molar-refractivity contribution in [1.29, 1.82) is 0 Å². The molecule has 1 aromatic carbocycles. The van der Waals surface area contributed by atoms with Crippen molar-refractivity contribution in [1.82, 2.24) is 15.0 Å². The first-order chi connectivity index (χ1) is 13.9. The number of piperidine rings is 3. The van der Waals surface area contributed by atoms with E-state index in [1.165, 1.54) is 38.0 Å². The third-order valence-corrected chi connectivity index (χ3v) is 5.34. The van der Waals surface area contributed by atoms with Crippen LogP contribution in [-0.4, -0.2) is 56.8 Å². The van der Waals surface area contributed by atoms with Gasteiger partial charge in [-0.25, -0.2) is 9.59 Å². The standard InChI is InChI=1S/C17H21N3O.C4H4O4/c1-12-3-2-4-14(9-12)17-18-16(21-19-17)10-15-11-20-7-5-13(15)6-8-20;5-3(6)1-2-4(7)8/h2-4,9,13,15H,5-8,10-11H2,1H3;1-2H,(H,5,6)(H,7,8)/b;2-1+. The fourth-order valence-electron chi connectivity index (χ4n) is 3.92. The summed E-state index contributed by atoms with van der Waals surface area (Å²) in [5.41, 5.74) is 2.26. The van der Waals surface area contributed by atoms with Crippen molar-refractivity contribution in [2.75, 3.05) is 19.6 Å². The number of hydrogen-bond donors (Lipinski definition) is 2. The molecule has 2 bridgehead atoms. The Balaban J connectivity index is 0.000000258. The average molecular weight is 399 g/mol. The number of hydrogen-bond acceptors (Lipinski definition) is 6. The number of fused-ring (bicyclic) bond motifs is 3. The van der Waals surface area contributed by atoms with E-state index in [1.54, 1.807) is 0 Å². The molecule has 3 saturated heterocycles. The Kier molecular flexibility index (Phi) is 6.77. The Bertz CT molecular complexity index is 868. The molecule has 154 valence electrons. The lowest BCUT2D eigenvalue weighted by Crippen LogP contribution is -2.48. The molecule has 3 fully saturated rings. The number of carboxylic acids is 2. The van der Waals surface area contributed by atoms with Gasteiger partial charge in [-0.3, -0.25) is 0 Å². The maximum atomic E-state index is 9.55. The molecular weight excluding hydrogens is 374 g/mol. The Morgan fingerprint density at radius 2 is 1.90 bits per heavy atom. The minimum Gasteiger partial charge on any atom is -0.478 e. The first-order valence-electron chi connectivity index (χ1n) is 9.66. The molecule has 29 heavy (non-hydrogen) atoms. The molecular formula is C21H25N3O5. The van der Waals surface area contributed by atoms with Gasteiger partial charge in [0.15, 0.2) is 0 Å². The number of benzene rings is 1. The highest BCUT2D eigenvalue weighted by atomic mass is 16.5. The van der Waals surface area contributed by atoms with Crippen molar-refractivity contribution in [2.45, 2.75) is 26.2 Å². The van der Waals surface area contributed by atoms with E-state index in [4.69, 9.17) is 14.7 Å². The van der Waals surface area contributed by atoms with Gasteiger partial charge in [0.1, 0.15) is 0 Å². The van der Waals surface area contributed by atoms with Crippen LogP contribution < -0.4 is 0 Å². The zero-order chi connectivity index (χ0) is 20.8. The number of aromatic nitrogens is 2. The number of aliphatic carboxylic acids is 2. The van der Waals surface area contributed by atoms with Crippen LogP contribution in [-0.2, 0) is 16.0 Å². The van der Waals surface area contributed by atoms with E-state index in [0.29, 0.717) is 18.1 Å². The van der Waals surface area contributed by atoms with Crippen molar-refractivity contribution < 1.29 is 24.3 Å². The smallest absolute Gasteiger partial charge is 0.328 e. The van der Waals surface area contributed by atoms with Gasteiger partial charge >= 0.3 is 11.9 Å². The van der Waals surface area contributed by atoms with Crippen LogP contribution in [0.1, 0.15) is 24.3 Å². The van der Waals surface area contributed by atoms with Gasteiger partial charge < -0.3 is 19.6 Å². The molecule has 1 unspecified atom stereocenters. The molecule has 3 aliphatic rings. The third kappa shape index (κ3) is 5.99. The lowest BCUT2D eigenvalue weighted by molar-refractivity contribution is -0.134. The number of aryl methyl sites for hydroxylation is 1. The summed E-state index contributed by atoms with van der Waals surface area (Å²) >= 11 is 0. The van der Waals surface area contributed by atoms with Crippen LogP contribution in [0.25, 0.3) is 11.4 Å². The molecule has 0 spiro atoms. The molecule has 8 heteroatoms. The maximum Gasteiger partial charge on any atom is 0.328 e. The summed E-state index contributed by atoms with van der Waals surface area (Å²) in [5.74, 6) is 0.544. The molecule has 5 rings (SSSR count). The van der Waals surface area contributed by atoms with Crippen LogP contribution in [0.4, 0.5) is 0 Å². The van der Waals surface area contributed by atoms with Gasteiger partial charge in [0.2, 0.25) is 11.7 Å². The van der Waals surface area contributed by atoms with Crippen LogP contribution in [0.15, 0.2) is 40.9 Å². The van der Waals surface area contributed by atoms with Crippen LogP contribution in [0.2, 0.25) is 0 Å². The van der Waals surface area contributed by atoms with E-state index in [2.05, 4.69) is 34.1 Å². The molecule has 0 saturated carbocycles. The molecule has 3 aliphatic heterocycles. The van der Waals surface area contributed by atoms with Crippen molar-refractivity contribution in [3.8, 4) is 11.4 Å². The molecule has 2 aromatic rings. The van der Waals surface area contributed by atoms with Gasteiger partial charge in [-0.2, -0.15) is 4.98 Å². The van der Waals surface area contributed by atoms with Crippen molar-refractivity contribution in [3.63, 3.8) is 0 Å². The van der Waals surface area contributed by atoms with E-state index < -0.39 is 11.9 Å². The summed E-state index contributed by atoms with van der Waals surface area (Å²) in [6, 6.07) is 8.25. The highest BCUT2D eigenvalue weighted by Crippen LogP contribution is 2.34. The molecule has 0 radical (unpaired) electrons. The molecule has 1 atom stereocenters. The van der Waals surface area contributed by atoms with Crippen molar-refractivity contribution in [2.24, 2.45) is 11.8 Å². The highest BCUT2D eigenvalue weighted by molar-refractivity contribution is 5.89. The quantitative estimate of drug-likeness (QED) is 0.737. The largest absolute Gasteiger partial charge is 0.478 e. The molecule has 1 aromatic heterocycles. The zero-order valence-corrected chi connectivity index (χ0v) is 16.3. The Labute approximate surface area is 168 Å². The summed E-state index contributed by atoms with van der Waals surface area (Å²) in [6.45, 7) is 5.84. The van der Waals surface area contributed by atoms with E-state index in [-0.39, 0.29) is 0 Å². The maximum absolute atomic E-state index is 9.55. The van der Waals surface area contributed by atoms with Gasteiger partial charge in [0.25, 0.3) is 0 Å². The summed E-state index contributed by atoms with van der Waals surface area (Å²) in [4.78, 5) is 26.3. The fourth-order valence-corrected chi connectivity index (χ4v) is 3.92. The van der Waals surface area contributed by atoms with Crippen LogP contribution in [0.5, 0.6) is 0 Å². The van der Waals surface area contributed by atoms with Crippen LogP contribution in [0, 0.1) is 18.8 Å². The summed E-state index contributed by atoms with van der Waals surface area (Å²) in [5, 5.41) is 19.8. The molecule has 2 N–H and O–H groups in total. The Morgan fingerprint density at radius 3 is 2.45 bits per heavy atom. The number of rotatable bonds is 5. The topological polar surface area (TPSA) is 117 Å². The van der Waals surface area contributed by atoms with Gasteiger partial charge in [-0.1, -0.05) is 28.9 Å². The number of carboxylic acid groups (broad SMARTS) is 2. The van der Waals surface area contributed by atoms with E-state index >= 15 is 0 Å². The summed E-state index contributed by atoms with van der Waals surface area (Å²) in [6.07, 6.45) is 4.72. The molecule has 0 amide bonds. The Hall–Kier alpha value is -3.00. The normalized spacial score (nSPS) is 22.9. The summed E-state index contributed by atoms with van der Waals surface area (Å²) < 4.78 is 5.49. The molecule has 8 nitrogen and oxygen atoms in total. The van der Waals surface area contributed by atoms with E-state index in [1.807, 2.05) is 12.1 Å². The van der Waals surface area contributed by atoms with Crippen LogP contribution >= 0.6 is 0 Å². The second-order valence-electron chi connectivity index (χ2n) is 7.49. The second-order valence-corrected chi connectivity index (χ2v) is 7.49. The second kappa shape index (κ2) is 9.47. The van der Waals surface area contributed by atoms with Crippen molar-refractivity contribution >= 4 is 11.9 Å². The van der Waals surface area contributed by atoms with Crippen LogP contribution in [0.3, 0.4) is 0 Å². The van der Waals surface area contributed by atoms with Gasteiger partial charge in [-0.15, -0.1) is 0 Å². The number of carbonyl (C=O) groups is 2. The van der Waals surface area contributed by atoms with Gasteiger partial charge in [0.05, 0.1) is 0 Å².